The summed E-state index contributed by atoms with van der Waals surface area (Å²) >= 11 is 3.51. The maximum atomic E-state index is 11.9. The van der Waals surface area contributed by atoms with Crippen molar-refractivity contribution in [3.63, 3.8) is 0 Å². The van der Waals surface area contributed by atoms with E-state index in [1.165, 1.54) is 36.8 Å². The number of hydrogen-bond acceptors (Lipinski definition) is 2. The van der Waals surface area contributed by atoms with Gasteiger partial charge in [0.2, 0.25) is 0 Å². The van der Waals surface area contributed by atoms with E-state index in [4.69, 9.17) is 4.74 Å². The van der Waals surface area contributed by atoms with Crippen LogP contribution in [0.4, 0.5) is 0 Å². The van der Waals surface area contributed by atoms with Crippen LogP contribution in [-0.4, -0.2) is 19.1 Å². The molecule has 0 spiro atoms. The second-order valence-corrected chi connectivity index (χ2v) is 7.20. The average molecular weight is 380 g/mol. The molecule has 4 heteroatoms. The lowest BCUT2D eigenvalue weighted by atomic mass is 9.97. The molecule has 1 aliphatic rings. The third kappa shape index (κ3) is 6.02. The Balaban J connectivity index is 1.72. The van der Waals surface area contributed by atoms with Gasteiger partial charge < -0.3 is 10.1 Å². The Morgan fingerprint density at radius 3 is 2.83 bits per heavy atom. The molecule has 3 nitrogen and oxygen atoms in total. The lowest BCUT2D eigenvalue weighted by Crippen LogP contribution is -2.30. The van der Waals surface area contributed by atoms with Gasteiger partial charge in [-0.1, -0.05) is 31.6 Å². The fourth-order valence-electron chi connectivity index (χ4n) is 2.68. The van der Waals surface area contributed by atoms with Crippen LogP contribution in [0.3, 0.4) is 0 Å². The molecule has 2 rings (SSSR count). The summed E-state index contributed by atoms with van der Waals surface area (Å²) in [5.41, 5.74) is 2.72. The van der Waals surface area contributed by atoms with E-state index in [1.807, 2.05) is 18.2 Å². The monoisotopic (exact) mass is 379 g/mol. The molecule has 1 N–H and O–H groups in total. The van der Waals surface area contributed by atoms with E-state index in [9.17, 15) is 4.79 Å². The van der Waals surface area contributed by atoms with Crippen LogP contribution in [0.1, 0.15) is 57.4 Å². The highest BCUT2D eigenvalue weighted by atomic mass is 79.9. The summed E-state index contributed by atoms with van der Waals surface area (Å²) in [5.74, 6) is 1.11. The average Bonchev–Trinajstić information content (AvgIpc) is 2.54. The van der Waals surface area contributed by atoms with E-state index in [2.05, 4.69) is 41.2 Å². The topological polar surface area (TPSA) is 38.3 Å². The quantitative estimate of drug-likeness (QED) is 0.679. The van der Waals surface area contributed by atoms with Gasteiger partial charge in [-0.15, -0.1) is 0 Å². The summed E-state index contributed by atoms with van der Waals surface area (Å²) in [5, 5.41) is 2.93. The van der Waals surface area contributed by atoms with Gasteiger partial charge in [0.25, 0.3) is 5.91 Å². The van der Waals surface area contributed by atoms with E-state index in [0.717, 1.165) is 10.9 Å². The number of carbonyl (C=O) groups excluding carboxylic acids is 1. The molecular weight excluding hydrogens is 354 g/mol. The van der Waals surface area contributed by atoms with Crippen LogP contribution < -0.4 is 10.1 Å². The number of nitrogens with one attached hydrogen (secondary N) is 1. The molecule has 1 aromatic rings. The van der Waals surface area contributed by atoms with Crippen LogP contribution in [0.2, 0.25) is 0 Å². The van der Waals surface area contributed by atoms with Crippen LogP contribution in [0, 0.1) is 0 Å². The molecule has 0 aromatic heterocycles. The van der Waals surface area contributed by atoms with E-state index in [0.29, 0.717) is 18.2 Å². The van der Waals surface area contributed by atoms with Crippen molar-refractivity contribution in [3.8, 4) is 5.75 Å². The number of amides is 1. The molecule has 0 atom stereocenters. The van der Waals surface area contributed by atoms with Crippen molar-refractivity contribution in [1.82, 2.24) is 5.32 Å². The number of hydrogen-bond donors (Lipinski definition) is 1. The summed E-state index contributed by atoms with van der Waals surface area (Å²) in [6.07, 6.45) is 8.23. The first-order valence-corrected chi connectivity index (χ1v) is 9.22. The van der Waals surface area contributed by atoms with Crippen LogP contribution in [0.25, 0.3) is 0 Å². The van der Waals surface area contributed by atoms with Gasteiger partial charge in [0.1, 0.15) is 5.75 Å². The van der Waals surface area contributed by atoms with Crippen molar-refractivity contribution >= 4 is 21.8 Å². The zero-order chi connectivity index (χ0) is 16.7. The molecule has 0 aliphatic heterocycles. The fourth-order valence-corrected chi connectivity index (χ4v) is 3.19. The van der Waals surface area contributed by atoms with Crippen LogP contribution in [0.5, 0.6) is 5.75 Å². The number of ether oxygens (including phenoxy) is 1. The third-order valence-corrected chi connectivity index (χ3v) is 4.75. The molecule has 0 saturated heterocycles. The van der Waals surface area contributed by atoms with Gasteiger partial charge in [-0.25, -0.2) is 0 Å². The third-order valence-electron chi connectivity index (χ3n) is 4.13. The maximum absolute atomic E-state index is 11.9. The standard InChI is InChI=1S/C19H26BrNO2/c1-14(2)16-8-9-18(17(20)12-16)23-13-19(22)21-11-10-15-6-4-3-5-7-15/h6,8-9,12,14H,3-5,7,10-11,13H2,1-2H3,(H,21,22). The first-order chi connectivity index (χ1) is 11.1. The molecule has 1 amide bonds. The molecule has 0 unspecified atom stereocenters. The predicted octanol–water partition coefficient (Wildman–Crippen LogP) is 4.96. The normalized spacial score (nSPS) is 14.5. The van der Waals surface area contributed by atoms with Crippen LogP contribution in [0.15, 0.2) is 34.3 Å². The molecule has 0 saturated carbocycles. The lowest BCUT2D eigenvalue weighted by molar-refractivity contribution is -0.123. The van der Waals surface area contributed by atoms with Crippen molar-refractivity contribution in [3.05, 3.63) is 39.9 Å². The molecule has 0 fully saturated rings. The molecule has 23 heavy (non-hydrogen) atoms. The van der Waals surface area contributed by atoms with Gasteiger partial charge in [-0.3, -0.25) is 4.79 Å². The maximum Gasteiger partial charge on any atom is 0.257 e. The van der Waals surface area contributed by atoms with Crippen molar-refractivity contribution in [2.45, 2.75) is 51.9 Å². The molecule has 0 radical (unpaired) electrons. The van der Waals surface area contributed by atoms with Gasteiger partial charge in [0.15, 0.2) is 6.61 Å². The summed E-state index contributed by atoms with van der Waals surface area (Å²) in [4.78, 5) is 11.9. The Hall–Kier alpha value is -1.29. The van der Waals surface area contributed by atoms with Gasteiger partial charge in [0.05, 0.1) is 4.47 Å². The summed E-state index contributed by atoms with van der Waals surface area (Å²) in [6.45, 7) is 5.05. The number of rotatable bonds is 7. The van der Waals surface area contributed by atoms with E-state index < -0.39 is 0 Å². The highest BCUT2D eigenvalue weighted by Gasteiger charge is 2.09. The van der Waals surface area contributed by atoms with Gasteiger partial charge in [-0.05, 0) is 71.6 Å². The first kappa shape index (κ1) is 18.1. The fraction of sp³-hybridized carbons (Fsp3) is 0.526. The SMILES string of the molecule is CC(C)c1ccc(OCC(=O)NCCC2=CCCCC2)c(Br)c1. The first-order valence-electron chi connectivity index (χ1n) is 8.43. The van der Waals surface area contributed by atoms with Crippen molar-refractivity contribution in [2.75, 3.05) is 13.2 Å². The van der Waals surface area contributed by atoms with E-state index >= 15 is 0 Å². The highest BCUT2D eigenvalue weighted by Crippen LogP contribution is 2.28. The number of halogens is 1. The van der Waals surface area contributed by atoms with Crippen LogP contribution in [-0.2, 0) is 4.79 Å². The zero-order valence-corrected chi connectivity index (χ0v) is 15.6. The van der Waals surface area contributed by atoms with Crippen molar-refractivity contribution in [1.29, 1.82) is 0 Å². The largest absolute Gasteiger partial charge is 0.483 e. The van der Waals surface area contributed by atoms with Gasteiger partial charge >= 0.3 is 0 Å². The van der Waals surface area contributed by atoms with Gasteiger partial charge in [0, 0.05) is 6.54 Å². The second kappa shape index (κ2) is 9.11. The Morgan fingerprint density at radius 2 is 2.17 bits per heavy atom. The van der Waals surface area contributed by atoms with Crippen molar-refractivity contribution in [2.24, 2.45) is 0 Å². The second-order valence-electron chi connectivity index (χ2n) is 6.34. The molecular formula is C19H26BrNO2. The van der Waals surface area contributed by atoms with Gasteiger partial charge in [-0.2, -0.15) is 0 Å². The number of benzene rings is 1. The summed E-state index contributed by atoms with van der Waals surface area (Å²) in [6, 6.07) is 6.01. The lowest BCUT2D eigenvalue weighted by Gasteiger charge is -2.14. The molecule has 1 aliphatic carbocycles. The summed E-state index contributed by atoms with van der Waals surface area (Å²) in [7, 11) is 0. The Labute approximate surface area is 147 Å². The Morgan fingerprint density at radius 1 is 1.35 bits per heavy atom. The highest BCUT2D eigenvalue weighted by molar-refractivity contribution is 9.10. The molecule has 1 aromatic carbocycles. The molecule has 0 heterocycles. The number of allylic oxidation sites excluding steroid dienone is 1. The smallest absolute Gasteiger partial charge is 0.257 e. The zero-order valence-electron chi connectivity index (χ0n) is 14.0. The minimum absolute atomic E-state index is 0.0542. The molecule has 126 valence electrons. The van der Waals surface area contributed by atoms with Crippen molar-refractivity contribution < 1.29 is 9.53 Å². The Bertz CT molecular complexity index is 566. The summed E-state index contributed by atoms with van der Waals surface area (Å²) < 4.78 is 6.49. The van der Waals surface area contributed by atoms with E-state index in [1.54, 1.807) is 0 Å². The predicted molar refractivity (Wildman–Crippen MR) is 97.9 cm³/mol. The minimum atomic E-state index is -0.0683. The van der Waals surface area contributed by atoms with E-state index in [-0.39, 0.29) is 12.5 Å². The molecule has 0 bridgehead atoms. The van der Waals surface area contributed by atoms with Crippen LogP contribution >= 0.6 is 15.9 Å². The minimum Gasteiger partial charge on any atom is -0.483 e. The Kier molecular flexibility index (Phi) is 7.15. The number of carbonyl (C=O) groups is 1.